The molecule has 0 unspecified atom stereocenters. The predicted octanol–water partition coefficient (Wildman–Crippen LogP) is 5.86. The first-order valence-corrected chi connectivity index (χ1v) is 21.4. The summed E-state index contributed by atoms with van der Waals surface area (Å²) in [6.07, 6.45) is 0. The van der Waals surface area contributed by atoms with Gasteiger partial charge >= 0.3 is 51.4 Å². The van der Waals surface area contributed by atoms with Crippen LogP contribution in [0, 0.1) is 41.5 Å². The summed E-state index contributed by atoms with van der Waals surface area (Å²) in [4.78, 5) is 30.6. The van der Waals surface area contributed by atoms with Crippen molar-refractivity contribution in [2.45, 2.75) is 95.6 Å². The second kappa shape index (κ2) is 24.8. The molecule has 0 aliphatic carbocycles. The number of benzene rings is 2. The molecule has 0 saturated heterocycles. The van der Waals surface area contributed by atoms with Crippen LogP contribution in [0.15, 0.2) is 66.7 Å². The van der Waals surface area contributed by atoms with Gasteiger partial charge < -0.3 is 14.9 Å². The van der Waals surface area contributed by atoms with Crippen molar-refractivity contribution in [3.05, 3.63) is 111 Å². The SMILES string of the molecule is CC(C)(C)[O-].CCN(CC)c1ccc(-c2nc(-n3nc(C)cc3C)nc(-n3nc(C)cc3C)n2)cc1.CCN(CC)c1ccc(-c2nc(Cl)nc(Cl)n2)cc1.Cc1cc(C)[nH]n1.[K+]. The van der Waals surface area contributed by atoms with Gasteiger partial charge in [0.2, 0.25) is 10.6 Å². The van der Waals surface area contributed by atoms with Crippen LogP contribution in [-0.4, -0.2) is 91.4 Å². The van der Waals surface area contributed by atoms with Gasteiger partial charge in [-0.3, -0.25) is 5.10 Å². The molecule has 0 radical (unpaired) electrons. The molecule has 330 valence electrons. The molecule has 0 bridgehead atoms. The first-order chi connectivity index (χ1) is 29.3. The van der Waals surface area contributed by atoms with Crippen LogP contribution in [0.3, 0.4) is 0 Å². The third-order valence-corrected chi connectivity index (χ3v) is 9.27. The fraction of sp³-hybridized carbons (Fsp3) is 0.400. The molecule has 5 aromatic heterocycles. The molecule has 1 N–H and O–H groups in total. The van der Waals surface area contributed by atoms with Gasteiger partial charge in [-0.1, -0.05) is 20.8 Å². The molecule has 7 rings (SSSR count). The quantitative estimate of drug-likeness (QED) is 0.163. The Morgan fingerprint density at radius 3 is 1.19 bits per heavy atom. The molecule has 5 heterocycles. The maximum absolute atomic E-state index is 10.1. The molecule has 0 atom stereocenters. The number of aromatic amines is 1. The molecule has 18 heteroatoms. The minimum Gasteiger partial charge on any atom is -0.850 e. The van der Waals surface area contributed by atoms with Crippen molar-refractivity contribution in [3.63, 3.8) is 0 Å². The molecule has 0 saturated carbocycles. The molecule has 0 aliphatic heterocycles. The van der Waals surface area contributed by atoms with Gasteiger partial charge in [-0.25, -0.2) is 9.36 Å². The Morgan fingerprint density at radius 1 is 0.556 bits per heavy atom. The number of hydrogen-bond donors (Lipinski definition) is 1. The van der Waals surface area contributed by atoms with E-state index >= 15 is 0 Å². The van der Waals surface area contributed by atoms with E-state index in [1.54, 1.807) is 30.1 Å². The maximum Gasteiger partial charge on any atom is 1.00 e. The average Bonchev–Trinajstić information content (AvgIpc) is 3.89. The van der Waals surface area contributed by atoms with E-state index in [0.717, 1.165) is 71.5 Å². The largest absolute Gasteiger partial charge is 1.00 e. The monoisotopic (exact) mass is 920 g/mol. The summed E-state index contributed by atoms with van der Waals surface area (Å²) < 4.78 is 3.50. The van der Waals surface area contributed by atoms with Crippen LogP contribution in [0.4, 0.5) is 11.4 Å². The zero-order valence-electron chi connectivity index (χ0n) is 39.2. The summed E-state index contributed by atoms with van der Waals surface area (Å²) in [5, 5.41) is 26.1. The number of halogens is 2. The summed E-state index contributed by atoms with van der Waals surface area (Å²) in [5.74, 6) is 2.03. The van der Waals surface area contributed by atoms with Crippen molar-refractivity contribution in [2.75, 3.05) is 36.0 Å². The van der Waals surface area contributed by atoms with E-state index in [1.807, 2.05) is 84.0 Å². The van der Waals surface area contributed by atoms with Crippen molar-refractivity contribution in [3.8, 4) is 34.7 Å². The van der Waals surface area contributed by atoms with Crippen molar-refractivity contribution >= 4 is 34.6 Å². The van der Waals surface area contributed by atoms with Gasteiger partial charge in [-0.05, 0) is 159 Å². The van der Waals surface area contributed by atoms with Gasteiger partial charge in [0.1, 0.15) is 0 Å². The number of rotatable bonds is 10. The van der Waals surface area contributed by atoms with Crippen molar-refractivity contribution < 1.29 is 56.5 Å². The Hall–Kier alpha value is -4.13. The summed E-state index contributed by atoms with van der Waals surface area (Å²) >= 11 is 11.5. The van der Waals surface area contributed by atoms with Crippen LogP contribution in [-0.2, 0) is 0 Å². The van der Waals surface area contributed by atoms with Gasteiger partial charge in [0.05, 0.1) is 17.1 Å². The molecule has 0 amide bonds. The first kappa shape index (κ1) is 53.2. The van der Waals surface area contributed by atoms with E-state index in [1.165, 1.54) is 11.4 Å². The topological polar surface area (TPSA) is 171 Å². The van der Waals surface area contributed by atoms with E-state index in [4.69, 9.17) is 38.2 Å². The van der Waals surface area contributed by atoms with Gasteiger partial charge in [-0.15, -0.1) is 5.60 Å². The van der Waals surface area contributed by atoms with Crippen molar-refractivity contribution in [1.29, 1.82) is 0 Å². The van der Waals surface area contributed by atoms with E-state index < -0.39 is 5.60 Å². The van der Waals surface area contributed by atoms with Crippen LogP contribution in [0.5, 0.6) is 0 Å². The van der Waals surface area contributed by atoms with Crippen molar-refractivity contribution in [1.82, 2.24) is 59.7 Å². The minimum absolute atomic E-state index is 0. The Labute approximate surface area is 424 Å². The van der Waals surface area contributed by atoms with Crippen LogP contribution in [0.1, 0.15) is 82.6 Å². The molecule has 63 heavy (non-hydrogen) atoms. The number of H-pyrrole nitrogens is 1. The number of nitrogens with zero attached hydrogens (tertiary/aromatic N) is 13. The van der Waals surface area contributed by atoms with E-state index in [2.05, 4.69) is 97.1 Å². The standard InChI is InChI=1S/C23H28N8.C13H14Cl2N4.C5H8N2.C4H9O.K/c1-7-29(8-2)20-11-9-19(10-12-20)21-24-22(30-17(5)13-15(3)27-30)26-23(25-21)31-18(6)14-16(4)28-31;1-3-19(4-2)10-7-5-9(6-8-10)11-16-12(14)18-13(15)17-11;1-4-3-5(2)7-6-4;1-4(2,3)5;/h9-14H,7-8H2,1-6H3;5-8H,3-4H2,1-2H3;3H,1-2H3,(H,6,7);1-3H3;/q;;;-1;+1. The Morgan fingerprint density at radius 2 is 0.921 bits per heavy atom. The number of aromatic nitrogens is 12. The molecule has 2 aromatic carbocycles. The minimum atomic E-state index is -0.750. The van der Waals surface area contributed by atoms with E-state index in [0.29, 0.717) is 23.5 Å². The number of aryl methyl sites for hydroxylation is 6. The van der Waals surface area contributed by atoms with Crippen LogP contribution >= 0.6 is 23.2 Å². The van der Waals surface area contributed by atoms with Gasteiger partial charge in [-0.2, -0.15) is 45.2 Å². The van der Waals surface area contributed by atoms with Gasteiger partial charge in [0.25, 0.3) is 11.9 Å². The number of hydrogen-bond acceptors (Lipinski definition) is 12. The fourth-order valence-electron chi connectivity index (χ4n) is 6.16. The Balaban J connectivity index is 0.000000278. The molecule has 0 fully saturated rings. The summed E-state index contributed by atoms with van der Waals surface area (Å²) in [5.41, 5.74) is 9.31. The van der Waals surface area contributed by atoms with E-state index in [9.17, 15) is 5.11 Å². The molecule has 7 aromatic rings. The van der Waals surface area contributed by atoms with Crippen molar-refractivity contribution in [2.24, 2.45) is 0 Å². The maximum atomic E-state index is 10.1. The normalized spacial score (nSPS) is 10.7. The summed E-state index contributed by atoms with van der Waals surface area (Å²) in [7, 11) is 0. The summed E-state index contributed by atoms with van der Waals surface area (Å²) in [6.45, 7) is 29.2. The fourth-order valence-corrected chi connectivity index (χ4v) is 6.53. The smallest absolute Gasteiger partial charge is 0.850 e. The molecular weight excluding hydrogens is 863 g/mol. The predicted molar refractivity (Wildman–Crippen MR) is 249 cm³/mol. The second-order valence-electron chi connectivity index (χ2n) is 15.4. The number of nitrogens with one attached hydrogen (secondary N) is 1. The average molecular weight is 922 g/mol. The zero-order valence-corrected chi connectivity index (χ0v) is 43.8. The third-order valence-electron chi connectivity index (χ3n) is 8.93. The zero-order chi connectivity index (χ0) is 45.7. The summed E-state index contributed by atoms with van der Waals surface area (Å²) in [6, 6.07) is 22.3. The molecule has 15 nitrogen and oxygen atoms in total. The molecule has 0 aliphatic rings. The Bertz CT molecular complexity index is 2360. The molecule has 0 spiro atoms. The second-order valence-corrected chi connectivity index (χ2v) is 16.1. The number of anilines is 2. The van der Waals surface area contributed by atoms with Gasteiger partial charge in [0.15, 0.2) is 11.6 Å². The van der Waals surface area contributed by atoms with Crippen LogP contribution < -0.4 is 66.3 Å². The Kier molecular flexibility index (Phi) is 20.9. The first-order valence-electron chi connectivity index (χ1n) is 20.6. The van der Waals surface area contributed by atoms with Crippen LogP contribution in [0.2, 0.25) is 10.6 Å². The van der Waals surface area contributed by atoms with Gasteiger partial charge in [0, 0.05) is 65.8 Å². The van der Waals surface area contributed by atoms with E-state index in [-0.39, 0.29) is 62.0 Å². The third kappa shape index (κ3) is 16.4. The molecular formula is C45H59Cl2KN14O. The van der Waals surface area contributed by atoms with Crippen LogP contribution in [0.25, 0.3) is 34.7 Å².